The number of rotatable bonds is 8. The highest BCUT2D eigenvalue weighted by Crippen LogP contribution is 2.17. The molecule has 1 heterocycles. The van der Waals surface area contributed by atoms with Gasteiger partial charge in [-0.1, -0.05) is 24.3 Å². The molecule has 1 N–H and O–H groups in total. The largest absolute Gasteiger partial charge is 0.497 e. The molecule has 0 bridgehead atoms. The van der Waals surface area contributed by atoms with Gasteiger partial charge in [-0.2, -0.15) is 0 Å². The van der Waals surface area contributed by atoms with E-state index in [-0.39, 0.29) is 12.0 Å². The number of ether oxygens (including phenoxy) is 3. The van der Waals surface area contributed by atoms with Crippen molar-refractivity contribution >= 4 is 12.0 Å². The lowest BCUT2D eigenvalue weighted by molar-refractivity contribution is -0.116. The van der Waals surface area contributed by atoms with Crippen LogP contribution in [-0.4, -0.2) is 32.3 Å². The Morgan fingerprint density at radius 2 is 2.07 bits per heavy atom. The molecule has 5 nitrogen and oxygen atoms in total. The van der Waals surface area contributed by atoms with E-state index < -0.39 is 0 Å². The summed E-state index contributed by atoms with van der Waals surface area (Å²) < 4.78 is 16.5. The third kappa shape index (κ3) is 6.15. The maximum atomic E-state index is 12.0. The zero-order valence-electron chi connectivity index (χ0n) is 15.5. The van der Waals surface area contributed by atoms with Gasteiger partial charge in [-0.25, -0.2) is 0 Å². The summed E-state index contributed by atoms with van der Waals surface area (Å²) in [4.78, 5) is 12.0. The number of amides is 1. The molecule has 5 heteroatoms. The van der Waals surface area contributed by atoms with Crippen molar-refractivity contribution in [2.24, 2.45) is 0 Å². The third-order valence-electron chi connectivity index (χ3n) is 4.37. The molecule has 1 aliphatic heterocycles. The minimum Gasteiger partial charge on any atom is -0.497 e. The zero-order chi connectivity index (χ0) is 18.9. The Bertz CT molecular complexity index is 764. The van der Waals surface area contributed by atoms with Gasteiger partial charge in [0.1, 0.15) is 18.1 Å². The minimum atomic E-state index is -0.142. The molecule has 2 aromatic carbocycles. The second-order valence-electron chi connectivity index (χ2n) is 6.42. The number of benzene rings is 2. The predicted octanol–water partition coefficient (Wildman–Crippen LogP) is 3.58. The van der Waals surface area contributed by atoms with Gasteiger partial charge in [0, 0.05) is 19.2 Å². The van der Waals surface area contributed by atoms with Crippen LogP contribution in [0.5, 0.6) is 11.5 Å². The maximum Gasteiger partial charge on any atom is 0.244 e. The van der Waals surface area contributed by atoms with E-state index in [0.717, 1.165) is 42.1 Å². The van der Waals surface area contributed by atoms with Crippen LogP contribution in [0.4, 0.5) is 0 Å². The highest BCUT2D eigenvalue weighted by atomic mass is 16.5. The highest BCUT2D eigenvalue weighted by Gasteiger charge is 2.15. The molecule has 0 saturated carbocycles. The fourth-order valence-electron chi connectivity index (χ4n) is 2.83. The standard InChI is InChI=1S/C22H25NO4/c1-25-20-5-2-4-17(14-20)9-12-22(24)23-15-18-7-10-19(11-8-18)27-16-21-6-3-13-26-21/h2,4-5,7-12,14,21H,3,6,13,15-16H2,1H3,(H,23,24)/b12-9+. The number of hydrogen-bond acceptors (Lipinski definition) is 4. The number of carbonyl (C=O) groups is 1. The summed E-state index contributed by atoms with van der Waals surface area (Å²) in [6.07, 6.45) is 5.67. The lowest BCUT2D eigenvalue weighted by atomic mass is 10.2. The summed E-state index contributed by atoms with van der Waals surface area (Å²) in [5.74, 6) is 1.44. The molecule has 0 aromatic heterocycles. The lowest BCUT2D eigenvalue weighted by Crippen LogP contribution is -2.20. The normalized spacial score (nSPS) is 16.4. The Labute approximate surface area is 159 Å². The molecule has 1 saturated heterocycles. The fourth-order valence-corrected chi connectivity index (χ4v) is 2.83. The van der Waals surface area contributed by atoms with Gasteiger partial charge in [-0.3, -0.25) is 4.79 Å². The van der Waals surface area contributed by atoms with Crippen molar-refractivity contribution in [1.29, 1.82) is 0 Å². The van der Waals surface area contributed by atoms with Crippen LogP contribution in [0.15, 0.2) is 54.6 Å². The Morgan fingerprint density at radius 1 is 1.22 bits per heavy atom. The van der Waals surface area contributed by atoms with Crippen molar-refractivity contribution < 1.29 is 19.0 Å². The molecule has 1 atom stereocenters. The fraction of sp³-hybridized carbons (Fsp3) is 0.318. The summed E-state index contributed by atoms with van der Waals surface area (Å²) in [5.41, 5.74) is 1.93. The molecule has 0 aliphatic carbocycles. The van der Waals surface area contributed by atoms with Gasteiger partial charge in [0.05, 0.1) is 13.2 Å². The van der Waals surface area contributed by atoms with Crippen LogP contribution in [0, 0.1) is 0 Å². The van der Waals surface area contributed by atoms with E-state index in [0.29, 0.717) is 13.2 Å². The quantitative estimate of drug-likeness (QED) is 0.725. The molecule has 2 aromatic rings. The molecule has 1 fully saturated rings. The van der Waals surface area contributed by atoms with E-state index in [1.165, 1.54) is 6.08 Å². The first kappa shape index (κ1) is 19.0. The monoisotopic (exact) mass is 367 g/mol. The molecule has 0 spiro atoms. The van der Waals surface area contributed by atoms with Gasteiger partial charge in [0.15, 0.2) is 0 Å². The van der Waals surface area contributed by atoms with Gasteiger partial charge in [0.2, 0.25) is 5.91 Å². The lowest BCUT2D eigenvalue weighted by Gasteiger charge is -2.11. The SMILES string of the molecule is COc1cccc(/C=C/C(=O)NCc2ccc(OCC3CCCO3)cc2)c1. The van der Waals surface area contributed by atoms with E-state index in [4.69, 9.17) is 14.2 Å². The summed E-state index contributed by atoms with van der Waals surface area (Å²) >= 11 is 0. The van der Waals surface area contributed by atoms with Crippen molar-refractivity contribution in [3.05, 3.63) is 65.7 Å². The number of nitrogens with one attached hydrogen (secondary N) is 1. The van der Waals surface area contributed by atoms with Crippen molar-refractivity contribution in [3.63, 3.8) is 0 Å². The molecular weight excluding hydrogens is 342 g/mol. The molecule has 1 aliphatic rings. The summed E-state index contributed by atoms with van der Waals surface area (Å²) in [5, 5.41) is 2.88. The van der Waals surface area contributed by atoms with Crippen LogP contribution in [0.1, 0.15) is 24.0 Å². The van der Waals surface area contributed by atoms with Gasteiger partial charge < -0.3 is 19.5 Å². The second kappa shape index (κ2) is 9.78. The molecule has 1 unspecified atom stereocenters. The van der Waals surface area contributed by atoms with Gasteiger partial charge in [0.25, 0.3) is 0 Å². The van der Waals surface area contributed by atoms with Crippen LogP contribution >= 0.6 is 0 Å². The number of carbonyl (C=O) groups excluding carboxylic acids is 1. The molecule has 27 heavy (non-hydrogen) atoms. The van der Waals surface area contributed by atoms with E-state index in [1.54, 1.807) is 13.2 Å². The number of methoxy groups -OCH3 is 1. The van der Waals surface area contributed by atoms with Crippen LogP contribution in [0.2, 0.25) is 0 Å². The highest BCUT2D eigenvalue weighted by molar-refractivity contribution is 5.91. The Hall–Kier alpha value is -2.79. The smallest absolute Gasteiger partial charge is 0.244 e. The molecular formula is C22H25NO4. The van der Waals surface area contributed by atoms with Gasteiger partial charge in [-0.15, -0.1) is 0 Å². The third-order valence-corrected chi connectivity index (χ3v) is 4.37. The van der Waals surface area contributed by atoms with E-state index >= 15 is 0 Å². The minimum absolute atomic E-state index is 0.142. The average molecular weight is 367 g/mol. The van der Waals surface area contributed by atoms with Crippen LogP contribution in [-0.2, 0) is 16.1 Å². The van der Waals surface area contributed by atoms with E-state index in [2.05, 4.69) is 5.32 Å². The Balaban J connectivity index is 1.43. The van der Waals surface area contributed by atoms with Crippen LogP contribution in [0.25, 0.3) is 6.08 Å². The summed E-state index contributed by atoms with van der Waals surface area (Å²) in [6, 6.07) is 15.3. The predicted molar refractivity (Wildman–Crippen MR) is 105 cm³/mol. The molecule has 1 amide bonds. The topological polar surface area (TPSA) is 56.8 Å². The second-order valence-corrected chi connectivity index (χ2v) is 6.42. The van der Waals surface area contributed by atoms with Crippen LogP contribution in [0.3, 0.4) is 0 Å². The van der Waals surface area contributed by atoms with Crippen molar-refractivity contribution in [2.75, 3.05) is 20.3 Å². The van der Waals surface area contributed by atoms with Crippen molar-refractivity contribution in [2.45, 2.75) is 25.5 Å². The first-order valence-corrected chi connectivity index (χ1v) is 9.16. The molecule has 3 rings (SSSR count). The van der Waals surface area contributed by atoms with E-state index in [1.807, 2.05) is 48.5 Å². The molecule has 0 radical (unpaired) electrons. The first-order valence-electron chi connectivity index (χ1n) is 9.16. The molecule has 142 valence electrons. The van der Waals surface area contributed by atoms with E-state index in [9.17, 15) is 4.79 Å². The number of hydrogen-bond donors (Lipinski definition) is 1. The van der Waals surface area contributed by atoms with Crippen LogP contribution < -0.4 is 14.8 Å². The Morgan fingerprint density at radius 3 is 2.81 bits per heavy atom. The summed E-state index contributed by atoms with van der Waals surface area (Å²) in [6.45, 7) is 1.89. The van der Waals surface area contributed by atoms with Gasteiger partial charge >= 0.3 is 0 Å². The van der Waals surface area contributed by atoms with Crippen molar-refractivity contribution in [1.82, 2.24) is 5.32 Å². The zero-order valence-corrected chi connectivity index (χ0v) is 15.5. The summed E-state index contributed by atoms with van der Waals surface area (Å²) in [7, 11) is 1.62. The maximum absolute atomic E-state index is 12.0. The Kier molecular flexibility index (Phi) is 6.88. The van der Waals surface area contributed by atoms with Crippen molar-refractivity contribution in [3.8, 4) is 11.5 Å². The first-order chi connectivity index (χ1) is 13.2. The van der Waals surface area contributed by atoms with Gasteiger partial charge in [-0.05, 0) is 54.3 Å². The average Bonchev–Trinajstić information content (AvgIpc) is 3.24.